The molecule has 0 atom stereocenters. The lowest BCUT2D eigenvalue weighted by atomic mass is 10.1. The standard InChI is InChI=1S/C14H16N2O/c1-4-11-8-13(17)16-14(15-11)12-7-9(2)5-6-10(12)3/h5-8H,4H2,1-3H3,(H,15,16,17). The molecule has 1 N–H and O–H groups in total. The molecule has 0 amide bonds. The topological polar surface area (TPSA) is 45.8 Å². The summed E-state index contributed by atoms with van der Waals surface area (Å²) in [7, 11) is 0. The van der Waals surface area contributed by atoms with Gasteiger partial charge in [-0.1, -0.05) is 24.6 Å². The average Bonchev–Trinajstić information content (AvgIpc) is 2.31. The van der Waals surface area contributed by atoms with Crippen LogP contribution in [-0.4, -0.2) is 9.97 Å². The monoisotopic (exact) mass is 228 g/mol. The largest absolute Gasteiger partial charge is 0.307 e. The molecule has 1 aromatic carbocycles. The van der Waals surface area contributed by atoms with Crippen LogP contribution in [0.4, 0.5) is 0 Å². The lowest BCUT2D eigenvalue weighted by Crippen LogP contribution is -2.10. The maximum atomic E-state index is 11.5. The Kier molecular flexibility index (Phi) is 3.09. The second-order valence-corrected chi connectivity index (χ2v) is 4.26. The number of nitrogens with zero attached hydrogens (tertiary/aromatic N) is 1. The molecule has 3 heteroatoms. The number of rotatable bonds is 2. The molecule has 88 valence electrons. The highest BCUT2D eigenvalue weighted by Gasteiger charge is 2.06. The van der Waals surface area contributed by atoms with Gasteiger partial charge in [0, 0.05) is 17.3 Å². The SMILES string of the molecule is CCc1cc(=O)[nH]c(-c2cc(C)ccc2C)n1. The fourth-order valence-corrected chi connectivity index (χ4v) is 1.81. The van der Waals surface area contributed by atoms with Crippen molar-refractivity contribution in [3.8, 4) is 11.4 Å². The molecule has 0 aliphatic carbocycles. The summed E-state index contributed by atoms with van der Waals surface area (Å²) in [6.07, 6.45) is 0.766. The minimum atomic E-state index is -0.0900. The van der Waals surface area contributed by atoms with E-state index in [4.69, 9.17) is 0 Å². The maximum absolute atomic E-state index is 11.5. The van der Waals surface area contributed by atoms with Gasteiger partial charge < -0.3 is 4.98 Å². The van der Waals surface area contributed by atoms with Crippen molar-refractivity contribution in [1.29, 1.82) is 0 Å². The molecule has 0 saturated carbocycles. The van der Waals surface area contributed by atoms with E-state index in [1.54, 1.807) is 6.07 Å². The Bertz CT molecular complexity index is 599. The van der Waals surface area contributed by atoms with E-state index in [9.17, 15) is 4.79 Å². The zero-order chi connectivity index (χ0) is 12.4. The van der Waals surface area contributed by atoms with Crippen molar-refractivity contribution in [2.45, 2.75) is 27.2 Å². The number of aromatic nitrogens is 2. The second-order valence-electron chi connectivity index (χ2n) is 4.26. The summed E-state index contributed by atoms with van der Waals surface area (Å²) in [5.74, 6) is 0.663. The van der Waals surface area contributed by atoms with Crippen LogP contribution in [0.15, 0.2) is 29.1 Å². The summed E-state index contributed by atoms with van der Waals surface area (Å²) in [4.78, 5) is 18.8. The van der Waals surface area contributed by atoms with Crippen molar-refractivity contribution in [3.05, 3.63) is 51.4 Å². The Balaban J connectivity index is 2.63. The molecule has 0 saturated heterocycles. The van der Waals surface area contributed by atoms with Crippen molar-refractivity contribution in [3.63, 3.8) is 0 Å². The third-order valence-electron chi connectivity index (χ3n) is 2.81. The van der Waals surface area contributed by atoms with Gasteiger partial charge in [-0.05, 0) is 31.9 Å². The summed E-state index contributed by atoms with van der Waals surface area (Å²) < 4.78 is 0. The van der Waals surface area contributed by atoms with Crippen molar-refractivity contribution < 1.29 is 0 Å². The van der Waals surface area contributed by atoms with Crippen LogP contribution in [0.2, 0.25) is 0 Å². The van der Waals surface area contributed by atoms with Crippen molar-refractivity contribution >= 4 is 0 Å². The van der Waals surface area contributed by atoms with Gasteiger partial charge in [0.2, 0.25) is 0 Å². The maximum Gasteiger partial charge on any atom is 0.251 e. The molecule has 0 radical (unpaired) electrons. The van der Waals surface area contributed by atoms with Crippen LogP contribution in [-0.2, 0) is 6.42 Å². The second kappa shape index (κ2) is 4.53. The van der Waals surface area contributed by atoms with E-state index in [-0.39, 0.29) is 5.56 Å². The van der Waals surface area contributed by atoms with Crippen LogP contribution in [0.3, 0.4) is 0 Å². The van der Waals surface area contributed by atoms with Gasteiger partial charge in [-0.2, -0.15) is 0 Å². The normalized spacial score (nSPS) is 10.5. The first kappa shape index (κ1) is 11.6. The van der Waals surface area contributed by atoms with E-state index < -0.39 is 0 Å². The third kappa shape index (κ3) is 2.44. The zero-order valence-electron chi connectivity index (χ0n) is 10.4. The van der Waals surface area contributed by atoms with E-state index in [1.807, 2.05) is 32.9 Å². The Morgan fingerprint density at radius 3 is 2.71 bits per heavy atom. The summed E-state index contributed by atoms with van der Waals surface area (Å²) in [6, 6.07) is 7.70. The number of aryl methyl sites for hydroxylation is 3. The van der Waals surface area contributed by atoms with Gasteiger partial charge in [0.1, 0.15) is 5.82 Å². The summed E-state index contributed by atoms with van der Waals surface area (Å²) >= 11 is 0. The van der Waals surface area contributed by atoms with E-state index in [2.05, 4.69) is 16.0 Å². The van der Waals surface area contributed by atoms with Gasteiger partial charge >= 0.3 is 0 Å². The van der Waals surface area contributed by atoms with Gasteiger partial charge in [-0.15, -0.1) is 0 Å². The van der Waals surface area contributed by atoms with Crippen LogP contribution >= 0.6 is 0 Å². The first-order chi connectivity index (χ1) is 8.10. The van der Waals surface area contributed by atoms with Crippen LogP contribution < -0.4 is 5.56 Å². The predicted molar refractivity (Wildman–Crippen MR) is 69.1 cm³/mol. The van der Waals surface area contributed by atoms with E-state index >= 15 is 0 Å². The van der Waals surface area contributed by atoms with E-state index in [0.29, 0.717) is 5.82 Å². The van der Waals surface area contributed by atoms with Crippen LogP contribution in [0.5, 0.6) is 0 Å². The molecule has 0 aliphatic heterocycles. The number of H-pyrrole nitrogens is 1. The predicted octanol–water partition coefficient (Wildman–Crippen LogP) is 2.62. The third-order valence-corrected chi connectivity index (χ3v) is 2.81. The lowest BCUT2D eigenvalue weighted by Gasteiger charge is -2.07. The minimum Gasteiger partial charge on any atom is -0.307 e. The molecule has 0 fully saturated rings. The Hall–Kier alpha value is -1.90. The molecule has 0 unspecified atom stereocenters. The summed E-state index contributed by atoms with van der Waals surface area (Å²) in [6.45, 7) is 6.05. The highest BCUT2D eigenvalue weighted by molar-refractivity contribution is 5.60. The first-order valence-electron chi connectivity index (χ1n) is 5.78. The molecule has 1 heterocycles. The molecule has 3 nitrogen and oxygen atoms in total. The van der Waals surface area contributed by atoms with Crippen LogP contribution in [0.25, 0.3) is 11.4 Å². The summed E-state index contributed by atoms with van der Waals surface area (Å²) in [5, 5.41) is 0. The molecule has 17 heavy (non-hydrogen) atoms. The van der Waals surface area contributed by atoms with Gasteiger partial charge in [-0.25, -0.2) is 4.98 Å². The number of hydrogen-bond donors (Lipinski definition) is 1. The molecule has 0 aliphatic rings. The molecule has 2 aromatic rings. The quantitative estimate of drug-likeness (QED) is 0.858. The fraction of sp³-hybridized carbons (Fsp3) is 0.286. The number of nitrogens with one attached hydrogen (secondary N) is 1. The van der Waals surface area contributed by atoms with Crippen LogP contribution in [0.1, 0.15) is 23.7 Å². The zero-order valence-corrected chi connectivity index (χ0v) is 10.4. The minimum absolute atomic E-state index is 0.0900. The van der Waals surface area contributed by atoms with Crippen molar-refractivity contribution in [2.24, 2.45) is 0 Å². The van der Waals surface area contributed by atoms with Gasteiger partial charge in [0.15, 0.2) is 0 Å². The average molecular weight is 228 g/mol. The first-order valence-corrected chi connectivity index (χ1v) is 5.78. The smallest absolute Gasteiger partial charge is 0.251 e. The molecular formula is C14H16N2O. The molecular weight excluding hydrogens is 212 g/mol. The lowest BCUT2D eigenvalue weighted by molar-refractivity contribution is 0.985. The Morgan fingerprint density at radius 1 is 1.24 bits per heavy atom. The molecule has 2 rings (SSSR count). The number of hydrogen-bond acceptors (Lipinski definition) is 2. The molecule has 1 aromatic heterocycles. The highest BCUT2D eigenvalue weighted by Crippen LogP contribution is 2.20. The van der Waals surface area contributed by atoms with Crippen molar-refractivity contribution in [1.82, 2.24) is 9.97 Å². The molecule has 0 spiro atoms. The summed E-state index contributed by atoms with van der Waals surface area (Å²) in [5.41, 5.74) is 4.01. The Labute approximate surface area is 101 Å². The number of benzene rings is 1. The van der Waals surface area contributed by atoms with Crippen LogP contribution in [0, 0.1) is 13.8 Å². The van der Waals surface area contributed by atoms with Gasteiger partial charge in [-0.3, -0.25) is 4.79 Å². The van der Waals surface area contributed by atoms with Gasteiger partial charge in [0.05, 0.1) is 0 Å². The fourth-order valence-electron chi connectivity index (χ4n) is 1.81. The molecule has 0 bridgehead atoms. The number of aromatic amines is 1. The van der Waals surface area contributed by atoms with Crippen molar-refractivity contribution in [2.75, 3.05) is 0 Å². The van der Waals surface area contributed by atoms with Gasteiger partial charge in [0.25, 0.3) is 5.56 Å². The van der Waals surface area contributed by atoms with E-state index in [1.165, 1.54) is 0 Å². The van der Waals surface area contributed by atoms with E-state index in [0.717, 1.165) is 28.8 Å². The Morgan fingerprint density at radius 2 is 2.00 bits per heavy atom. The highest BCUT2D eigenvalue weighted by atomic mass is 16.1.